The molecule has 1 amide bonds. The molecule has 5 aromatic rings. The van der Waals surface area contributed by atoms with Crippen LogP contribution in [0.4, 0.5) is 4.39 Å². The van der Waals surface area contributed by atoms with Crippen LogP contribution in [0.2, 0.25) is 0 Å². The predicted molar refractivity (Wildman–Crippen MR) is 117 cm³/mol. The fraction of sp³-hybridized carbons (Fsp3) is 0.208. The number of carbonyl (C=O) groups excluding carboxylic acids is 1. The maximum Gasteiger partial charge on any atom is 0.258 e. The van der Waals surface area contributed by atoms with Crippen LogP contribution in [0.5, 0.6) is 0 Å². The molecule has 33 heavy (non-hydrogen) atoms. The maximum absolute atomic E-state index is 14.4. The van der Waals surface area contributed by atoms with Crippen LogP contribution in [0.1, 0.15) is 39.1 Å². The first-order valence-corrected chi connectivity index (χ1v) is 10.6. The number of methoxy groups -OCH3 is 1. The molecule has 4 aromatic heterocycles. The van der Waals surface area contributed by atoms with Crippen molar-refractivity contribution in [1.29, 1.82) is 0 Å². The van der Waals surface area contributed by atoms with E-state index in [0.717, 1.165) is 11.3 Å². The molecule has 1 aliphatic heterocycles. The van der Waals surface area contributed by atoms with Crippen molar-refractivity contribution in [3.8, 4) is 0 Å². The third kappa shape index (κ3) is 3.12. The molecule has 0 spiro atoms. The molecule has 1 N–H and O–H groups in total. The number of halogens is 1. The molecule has 0 bridgehead atoms. The average molecular weight is 445 g/mol. The summed E-state index contributed by atoms with van der Waals surface area (Å²) in [5.74, 6) is -0.0904. The van der Waals surface area contributed by atoms with E-state index in [1.807, 2.05) is 18.3 Å². The number of benzene rings is 1. The van der Waals surface area contributed by atoms with E-state index < -0.39 is 6.04 Å². The van der Waals surface area contributed by atoms with Gasteiger partial charge in [-0.2, -0.15) is 5.10 Å². The maximum atomic E-state index is 14.4. The third-order valence-electron chi connectivity index (χ3n) is 6.10. The van der Waals surface area contributed by atoms with Gasteiger partial charge in [-0.3, -0.25) is 4.79 Å². The van der Waals surface area contributed by atoms with Crippen LogP contribution < -0.4 is 0 Å². The van der Waals surface area contributed by atoms with Gasteiger partial charge in [0.25, 0.3) is 5.91 Å². The van der Waals surface area contributed by atoms with Crippen molar-refractivity contribution in [2.45, 2.75) is 19.1 Å². The highest BCUT2D eigenvalue weighted by molar-refractivity contribution is 6.01. The summed E-state index contributed by atoms with van der Waals surface area (Å²) in [5, 5.41) is 4.75. The number of pyridine rings is 1. The molecule has 0 saturated carbocycles. The minimum Gasteiger partial charge on any atom is -0.458 e. The van der Waals surface area contributed by atoms with E-state index in [0.29, 0.717) is 53.1 Å². The van der Waals surface area contributed by atoms with E-state index in [9.17, 15) is 9.18 Å². The Morgan fingerprint density at radius 3 is 3.09 bits per heavy atom. The standard InChI is InChI=1S/C24H20FN5O3/c1-32-12-14-5-6-19-16(10-28-30(19)11-14)24(31)29-8-7-18-22(27-13-26-18)23(29)21-9-15-17(25)3-2-4-20(15)33-21/h2-6,9-11,13,23H,7-8,12H2,1H3,(H,26,27)/t23-/m1/s1. The van der Waals surface area contributed by atoms with Gasteiger partial charge in [0, 0.05) is 32.0 Å². The summed E-state index contributed by atoms with van der Waals surface area (Å²) in [5.41, 5.74) is 4.20. The lowest BCUT2D eigenvalue weighted by Crippen LogP contribution is -2.40. The summed E-state index contributed by atoms with van der Waals surface area (Å²) < 4.78 is 27.2. The van der Waals surface area contributed by atoms with Crippen LogP contribution in [-0.2, 0) is 17.8 Å². The minimum atomic E-state index is -0.581. The molecule has 1 aromatic carbocycles. The third-order valence-corrected chi connectivity index (χ3v) is 6.10. The van der Waals surface area contributed by atoms with Gasteiger partial charge in [-0.1, -0.05) is 12.1 Å². The van der Waals surface area contributed by atoms with E-state index in [1.54, 1.807) is 47.2 Å². The molecule has 6 rings (SSSR count). The lowest BCUT2D eigenvalue weighted by Gasteiger charge is -2.33. The zero-order chi connectivity index (χ0) is 22.5. The highest BCUT2D eigenvalue weighted by Gasteiger charge is 2.37. The molecule has 0 radical (unpaired) electrons. The second kappa shape index (κ2) is 7.56. The van der Waals surface area contributed by atoms with Gasteiger partial charge in [-0.15, -0.1) is 0 Å². The molecule has 0 fully saturated rings. The average Bonchev–Trinajstić information content (AvgIpc) is 3.56. The molecule has 0 unspecified atom stereocenters. The molecule has 9 heteroatoms. The second-order valence-corrected chi connectivity index (χ2v) is 8.08. The number of imidazole rings is 1. The minimum absolute atomic E-state index is 0.191. The van der Waals surface area contributed by atoms with Gasteiger partial charge in [-0.05, 0) is 29.8 Å². The quantitative estimate of drug-likeness (QED) is 0.454. The van der Waals surface area contributed by atoms with Crippen LogP contribution in [0.3, 0.4) is 0 Å². The first-order chi connectivity index (χ1) is 16.1. The van der Waals surface area contributed by atoms with Crippen LogP contribution in [0, 0.1) is 5.82 Å². The van der Waals surface area contributed by atoms with Crippen molar-refractivity contribution < 1.29 is 18.3 Å². The van der Waals surface area contributed by atoms with Crippen LogP contribution in [0.25, 0.3) is 16.5 Å². The van der Waals surface area contributed by atoms with Crippen molar-refractivity contribution in [2.75, 3.05) is 13.7 Å². The lowest BCUT2D eigenvalue weighted by atomic mass is 9.99. The molecule has 1 atom stereocenters. The van der Waals surface area contributed by atoms with E-state index >= 15 is 0 Å². The predicted octanol–water partition coefficient (Wildman–Crippen LogP) is 3.88. The topological polar surface area (TPSA) is 88.7 Å². The van der Waals surface area contributed by atoms with Crippen molar-refractivity contribution >= 4 is 22.4 Å². The molecule has 166 valence electrons. The van der Waals surface area contributed by atoms with Gasteiger partial charge in [0.05, 0.1) is 41.3 Å². The summed E-state index contributed by atoms with van der Waals surface area (Å²) in [6.07, 6.45) is 5.66. The first kappa shape index (κ1) is 19.7. The van der Waals surface area contributed by atoms with Crippen molar-refractivity contribution in [2.24, 2.45) is 0 Å². The van der Waals surface area contributed by atoms with Gasteiger partial charge in [0.2, 0.25) is 0 Å². The van der Waals surface area contributed by atoms with E-state index in [-0.39, 0.29) is 11.7 Å². The molecule has 8 nitrogen and oxygen atoms in total. The number of amides is 1. The van der Waals surface area contributed by atoms with Crippen molar-refractivity contribution in [1.82, 2.24) is 24.5 Å². The monoisotopic (exact) mass is 445 g/mol. The molecule has 0 saturated heterocycles. The Labute approximate surface area is 187 Å². The number of carbonyl (C=O) groups is 1. The van der Waals surface area contributed by atoms with Gasteiger partial charge >= 0.3 is 0 Å². The zero-order valence-corrected chi connectivity index (χ0v) is 17.8. The van der Waals surface area contributed by atoms with E-state index in [1.165, 1.54) is 6.07 Å². The summed E-state index contributed by atoms with van der Waals surface area (Å²) in [7, 11) is 1.63. The van der Waals surface area contributed by atoms with Gasteiger partial charge in [-0.25, -0.2) is 13.9 Å². The highest BCUT2D eigenvalue weighted by atomic mass is 19.1. The summed E-state index contributed by atoms with van der Waals surface area (Å²) in [4.78, 5) is 23.1. The van der Waals surface area contributed by atoms with E-state index in [4.69, 9.17) is 9.15 Å². The normalized spacial score (nSPS) is 15.9. The van der Waals surface area contributed by atoms with Gasteiger partial charge < -0.3 is 19.0 Å². The van der Waals surface area contributed by atoms with Crippen LogP contribution in [0.15, 0.2) is 59.5 Å². The van der Waals surface area contributed by atoms with Gasteiger partial charge in [0.1, 0.15) is 23.2 Å². The van der Waals surface area contributed by atoms with Crippen LogP contribution in [-0.4, -0.2) is 44.0 Å². The number of H-pyrrole nitrogens is 1. The first-order valence-electron chi connectivity index (χ1n) is 10.6. The zero-order valence-electron chi connectivity index (χ0n) is 17.8. The van der Waals surface area contributed by atoms with Crippen LogP contribution >= 0.6 is 0 Å². The number of fused-ring (bicyclic) bond motifs is 3. The number of nitrogens with zero attached hydrogens (tertiary/aromatic N) is 4. The Kier molecular flexibility index (Phi) is 4.51. The highest BCUT2D eigenvalue weighted by Crippen LogP contribution is 2.37. The second-order valence-electron chi connectivity index (χ2n) is 8.08. The number of hydrogen-bond acceptors (Lipinski definition) is 5. The molecule has 5 heterocycles. The molecule has 0 aliphatic carbocycles. The molecular weight excluding hydrogens is 425 g/mol. The fourth-order valence-electron chi connectivity index (χ4n) is 4.56. The largest absolute Gasteiger partial charge is 0.458 e. The number of aromatic nitrogens is 4. The number of rotatable bonds is 4. The summed E-state index contributed by atoms with van der Waals surface area (Å²) in [6, 6.07) is 9.57. The van der Waals surface area contributed by atoms with Crippen molar-refractivity contribution in [3.63, 3.8) is 0 Å². The Balaban J connectivity index is 1.44. The number of nitrogens with one attached hydrogen (secondary N) is 1. The smallest absolute Gasteiger partial charge is 0.258 e. The Morgan fingerprint density at radius 1 is 1.33 bits per heavy atom. The Hall–Kier alpha value is -3.98. The van der Waals surface area contributed by atoms with E-state index in [2.05, 4.69) is 15.1 Å². The van der Waals surface area contributed by atoms with Gasteiger partial charge in [0.15, 0.2) is 0 Å². The number of hydrogen-bond donors (Lipinski definition) is 1. The number of furan rings is 1. The molecular formula is C24H20FN5O3. The Morgan fingerprint density at radius 2 is 2.24 bits per heavy atom. The fourth-order valence-corrected chi connectivity index (χ4v) is 4.56. The summed E-state index contributed by atoms with van der Waals surface area (Å²) in [6.45, 7) is 0.912. The number of aromatic amines is 1. The lowest BCUT2D eigenvalue weighted by molar-refractivity contribution is 0.0675. The van der Waals surface area contributed by atoms with Crippen molar-refractivity contribution in [3.05, 3.63) is 89.2 Å². The summed E-state index contributed by atoms with van der Waals surface area (Å²) >= 11 is 0. The number of ether oxygens (including phenoxy) is 1. The Bertz CT molecular complexity index is 1500. The molecule has 1 aliphatic rings. The SMILES string of the molecule is COCc1ccc2c(C(=O)N3CCc4[nH]cnc4[C@H]3c3cc4c(F)cccc4o3)cnn2c1.